The minimum absolute atomic E-state index is 0.0363. The molecule has 3 rings (SSSR count). The maximum absolute atomic E-state index is 12.6. The lowest BCUT2D eigenvalue weighted by Gasteiger charge is -2.10. The van der Waals surface area contributed by atoms with Gasteiger partial charge in [-0.05, 0) is 30.7 Å². The van der Waals surface area contributed by atoms with Crippen LogP contribution < -0.4 is 4.72 Å². The Hall–Kier alpha value is -2.44. The zero-order chi connectivity index (χ0) is 18.0. The first-order chi connectivity index (χ1) is 11.8. The summed E-state index contributed by atoms with van der Waals surface area (Å²) in [5.41, 5.74) is 2.06. The van der Waals surface area contributed by atoms with Crippen LogP contribution in [0.4, 0.5) is 0 Å². The van der Waals surface area contributed by atoms with Crippen LogP contribution in [-0.4, -0.2) is 19.3 Å². The van der Waals surface area contributed by atoms with Gasteiger partial charge in [0.2, 0.25) is 5.91 Å². The molecule has 0 atom stereocenters. The number of hydrogen-bond acceptors (Lipinski definition) is 4. The predicted molar refractivity (Wildman–Crippen MR) is 97.0 cm³/mol. The fourth-order valence-corrected chi connectivity index (χ4v) is 3.94. The first-order valence-corrected chi connectivity index (χ1v) is 9.37. The highest BCUT2D eigenvalue weighted by molar-refractivity contribution is 7.90. The highest BCUT2D eigenvalue weighted by atomic mass is 35.5. The van der Waals surface area contributed by atoms with E-state index in [1.807, 2.05) is 19.1 Å². The van der Waals surface area contributed by atoms with E-state index in [0.717, 1.165) is 11.1 Å². The molecule has 7 heteroatoms. The number of aromatic nitrogens is 1. The predicted octanol–water partition coefficient (Wildman–Crippen LogP) is 3.24. The van der Waals surface area contributed by atoms with Gasteiger partial charge in [0.15, 0.2) is 0 Å². The Morgan fingerprint density at radius 3 is 2.60 bits per heavy atom. The van der Waals surface area contributed by atoms with E-state index in [4.69, 9.17) is 11.6 Å². The molecule has 0 aliphatic heterocycles. The van der Waals surface area contributed by atoms with Crippen molar-refractivity contribution in [3.05, 3.63) is 70.9 Å². The number of hydrogen-bond donors (Lipinski definition) is 1. The number of carbonyl (C=O) groups is 1. The summed E-state index contributed by atoms with van der Waals surface area (Å²) in [7, 11) is -4.08. The number of rotatable bonds is 4. The van der Waals surface area contributed by atoms with Crippen LogP contribution in [0.25, 0.3) is 10.9 Å². The smallest absolute Gasteiger partial charge is 0.266 e. The average molecular weight is 375 g/mol. The van der Waals surface area contributed by atoms with Crippen LogP contribution in [0.15, 0.2) is 59.6 Å². The van der Waals surface area contributed by atoms with Crippen molar-refractivity contribution in [2.45, 2.75) is 18.2 Å². The van der Waals surface area contributed by atoms with Crippen LogP contribution >= 0.6 is 11.6 Å². The first kappa shape index (κ1) is 17.4. The zero-order valence-corrected chi connectivity index (χ0v) is 14.9. The topological polar surface area (TPSA) is 76.1 Å². The number of nitrogens with zero attached hydrogens (tertiary/aromatic N) is 1. The monoisotopic (exact) mass is 374 g/mol. The molecule has 1 amide bonds. The van der Waals surface area contributed by atoms with Gasteiger partial charge in [0, 0.05) is 16.6 Å². The van der Waals surface area contributed by atoms with E-state index in [2.05, 4.69) is 9.71 Å². The normalized spacial score (nSPS) is 11.4. The number of aryl methyl sites for hydroxylation is 1. The molecule has 1 N–H and O–H groups in total. The summed E-state index contributed by atoms with van der Waals surface area (Å²) < 4.78 is 27.3. The molecule has 0 fully saturated rings. The SMILES string of the molecule is Cc1ccc(CC(=O)NS(=O)(=O)c2cc(Cl)cc3cccnc23)cc1. The summed E-state index contributed by atoms with van der Waals surface area (Å²) in [5, 5.41) is 0.841. The molecule has 5 nitrogen and oxygen atoms in total. The second-order valence-corrected chi connectivity index (χ2v) is 7.76. The van der Waals surface area contributed by atoms with Gasteiger partial charge in [-0.15, -0.1) is 0 Å². The van der Waals surface area contributed by atoms with Gasteiger partial charge in [-0.3, -0.25) is 9.78 Å². The summed E-state index contributed by atoms with van der Waals surface area (Å²) in [6.45, 7) is 1.94. The third-order valence-corrected chi connectivity index (χ3v) is 5.26. The van der Waals surface area contributed by atoms with Crippen molar-refractivity contribution in [1.82, 2.24) is 9.71 Å². The molecule has 0 saturated heterocycles. The van der Waals surface area contributed by atoms with E-state index in [9.17, 15) is 13.2 Å². The van der Waals surface area contributed by atoms with Crippen molar-refractivity contribution in [3.8, 4) is 0 Å². The van der Waals surface area contributed by atoms with Crippen molar-refractivity contribution >= 4 is 38.4 Å². The first-order valence-electron chi connectivity index (χ1n) is 7.51. The molecule has 1 aromatic heterocycles. The van der Waals surface area contributed by atoms with Crippen molar-refractivity contribution < 1.29 is 13.2 Å². The standard InChI is InChI=1S/C18H15ClN2O3S/c1-12-4-6-13(7-5-12)9-17(22)21-25(23,24)16-11-15(19)10-14-3-2-8-20-18(14)16/h2-8,10-11H,9H2,1H3,(H,21,22). The van der Waals surface area contributed by atoms with Crippen LogP contribution in [0.5, 0.6) is 0 Å². The molecule has 2 aromatic carbocycles. The molecule has 25 heavy (non-hydrogen) atoms. The number of nitrogens with one attached hydrogen (secondary N) is 1. The van der Waals surface area contributed by atoms with E-state index in [1.165, 1.54) is 12.3 Å². The van der Waals surface area contributed by atoms with Crippen molar-refractivity contribution in [3.63, 3.8) is 0 Å². The van der Waals surface area contributed by atoms with Crippen molar-refractivity contribution in [2.24, 2.45) is 0 Å². The van der Waals surface area contributed by atoms with Crippen molar-refractivity contribution in [2.75, 3.05) is 0 Å². The molecular weight excluding hydrogens is 360 g/mol. The van der Waals surface area contributed by atoms with Crippen LogP contribution in [0.2, 0.25) is 5.02 Å². The van der Waals surface area contributed by atoms with Crippen LogP contribution in [0.1, 0.15) is 11.1 Å². The van der Waals surface area contributed by atoms with E-state index >= 15 is 0 Å². The Morgan fingerprint density at radius 2 is 1.88 bits per heavy atom. The molecule has 0 unspecified atom stereocenters. The molecule has 0 bridgehead atoms. The summed E-state index contributed by atoms with van der Waals surface area (Å²) >= 11 is 6.01. The average Bonchev–Trinajstić information content (AvgIpc) is 2.55. The minimum atomic E-state index is -4.08. The van der Waals surface area contributed by atoms with Gasteiger partial charge >= 0.3 is 0 Å². The third-order valence-electron chi connectivity index (χ3n) is 3.66. The lowest BCUT2D eigenvalue weighted by Crippen LogP contribution is -2.32. The minimum Gasteiger partial charge on any atom is -0.274 e. The summed E-state index contributed by atoms with van der Waals surface area (Å²) in [6, 6.07) is 13.6. The summed E-state index contributed by atoms with van der Waals surface area (Å²) in [4.78, 5) is 16.1. The molecule has 1 heterocycles. The number of halogens is 1. The maximum Gasteiger partial charge on any atom is 0.266 e. The molecule has 0 aliphatic rings. The van der Waals surface area contributed by atoms with Gasteiger partial charge in [-0.25, -0.2) is 13.1 Å². The Morgan fingerprint density at radius 1 is 1.16 bits per heavy atom. The van der Waals surface area contributed by atoms with Crippen LogP contribution in [-0.2, 0) is 21.2 Å². The second-order valence-electron chi connectivity index (χ2n) is 5.67. The van der Waals surface area contributed by atoms with Crippen molar-refractivity contribution in [1.29, 1.82) is 0 Å². The summed E-state index contributed by atoms with van der Waals surface area (Å²) in [5.74, 6) is -0.618. The molecule has 0 saturated carbocycles. The third kappa shape index (κ3) is 3.97. The lowest BCUT2D eigenvalue weighted by molar-refractivity contribution is -0.118. The number of benzene rings is 2. The van der Waals surface area contributed by atoms with Gasteiger partial charge in [0.25, 0.3) is 10.0 Å². The van der Waals surface area contributed by atoms with Gasteiger partial charge in [0.1, 0.15) is 4.90 Å². The fraction of sp³-hybridized carbons (Fsp3) is 0.111. The van der Waals surface area contributed by atoms with E-state index in [1.54, 1.807) is 30.3 Å². The lowest BCUT2D eigenvalue weighted by atomic mass is 10.1. The number of pyridine rings is 1. The fourth-order valence-electron chi connectivity index (χ4n) is 2.46. The molecule has 3 aromatic rings. The van der Waals surface area contributed by atoms with Gasteiger partial charge in [-0.1, -0.05) is 47.5 Å². The Balaban J connectivity index is 1.89. The van der Waals surface area contributed by atoms with Crippen LogP contribution in [0, 0.1) is 6.92 Å². The molecule has 128 valence electrons. The van der Waals surface area contributed by atoms with Crippen LogP contribution in [0.3, 0.4) is 0 Å². The largest absolute Gasteiger partial charge is 0.274 e. The zero-order valence-electron chi connectivity index (χ0n) is 13.4. The van der Waals surface area contributed by atoms with E-state index in [0.29, 0.717) is 5.39 Å². The Bertz CT molecular complexity index is 1050. The molecule has 0 aliphatic carbocycles. The quantitative estimate of drug-likeness (QED) is 0.760. The summed E-state index contributed by atoms with van der Waals surface area (Å²) in [6.07, 6.45) is 1.45. The van der Waals surface area contributed by atoms with E-state index < -0.39 is 15.9 Å². The van der Waals surface area contributed by atoms with Gasteiger partial charge < -0.3 is 0 Å². The number of fused-ring (bicyclic) bond motifs is 1. The number of amides is 1. The molecule has 0 radical (unpaired) electrons. The Labute approximate surface area is 150 Å². The number of carbonyl (C=O) groups excluding carboxylic acids is 1. The second kappa shape index (κ2) is 6.82. The molecular formula is C18H15ClN2O3S. The molecule has 0 spiro atoms. The van der Waals surface area contributed by atoms with E-state index in [-0.39, 0.29) is 21.9 Å². The number of sulfonamides is 1. The highest BCUT2D eigenvalue weighted by Crippen LogP contribution is 2.25. The maximum atomic E-state index is 12.6. The van der Waals surface area contributed by atoms with Gasteiger partial charge in [-0.2, -0.15) is 0 Å². The van der Waals surface area contributed by atoms with Gasteiger partial charge in [0.05, 0.1) is 11.9 Å². The Kier molecular flexibility index (Phi) is 4.74. The highest BCUT2D eigenvalue weighted by Gasteiger charge is 2.22.